The Morgan fingerprint density at radius 3 is 2.65 bits per heavy atom. The van der Waals surface area contributed by atoms with Crippen molar-refractivity contribution in [3.8, 4) is 5.75 Å². The normalized spacial score (nSPS) is 11.8. The van der Waals surface area contributed by atoms with Gasteiger partial charge in [0.1, 0.15) is 17.3 Å². The molecule has 0 aliphatic heterocycles. The van der Waals surface area contributed by atoms with Gasteiger partial charge in [-0.1, -0.05) is 48.2 Å². The summed E-state index contributed by atoms with van der Waals surface area (Å²) < 4.78 is 7.16. The highest BCUT2D eigenvalue weighted by Crippen LogP contribution is 2.36. The molecule has 1 amide bonds. The number of nitrogens with zero attached hydrogens (tertiary/aromatic N) is 3. The molecule has 1 atom stereocenters. The van der Waals surface area contributed by atoms with Crippen LogP contribution in [0.3, 0.4) is 0 Å². The molecule has 0 spiro atoms. The summed E-state index contributed by atoms with van der Waals surface area (Å²) in [5.74, 6) is 0.479. The molecule has 7 heteroatoms. The average molecular weight is 368 g/mol. The number of rotatable bonds is 6. The molecular weight excluding hydrogens is 348 g/mol. The molecule has 2 aromatic carbocycles. The smallest absolute Gasteiger partial charge is 0.242 e. The molecule has 0 fully saturated rings. The van der Waals surface area contributed by atoms with Crippen LogP contribution in [0.4, 0.5) is 5.69 Å². The second kappa shape index (κ2) is 8.05. The first-order valence-electron chi connectivity index (χ1n) is 8.09. The lowest BCUT2D eigenvalue weighted by Gasteiger charge is -2.18. The van der Waals surface area contributed by atoms with E-state index >= 15 is 0 Å². The quantitative estimate of drug-likeness (QED) is 0.673. The SMILES string of the molecule is COc1ccc(C)cc1NC(=O)[C@@H](Sc1nncn1C)c1ccccc1. The van der Waals surface area contributed by atoms with Gasteiger partial charge in [-0.25, -0.2) is 0 Å². The Balaban J connectivity index is 1.90. The number of benzene rings is 2. The van der Waals surface area contributed by atoms with Gasteiger partial charge in [0.25, 0.3) is 0 Å². The van der Waals surface area contributed by atoms with Crippen molar-refractivity contribution in [3.63, 3.8) is 0 Å². The molecular formula is C19H20N4O2S. The van der Waals surface area contributed by atoms with E-state index in [1.54, 1.807) is 18.0 Å². The second-order valence-corrected chi connectivity index (χ2v) is 6.90. The van der Waals surface area contributed by atoms with Crippen LogP contribution in [0.15, 0.2) is 60.0 Å². The van der Waals surface area contributed by atoms with Crippen LogP contribution in [0, 0.1) is 6.92 Å². The number of hydrogen-bond acceptors (Lipinski definition) is 5. The third kappa shape index (κ3) is 4.05. The number of carbonyl (C=O) groups excluding carboxylic acids is 1. The maximum Gasteiger partial charge on any atom is 0.242 e. The summed E-state index contributed by atoms with van der Waals surface area (Å²) in [6.07, 6.45) is 1.62. The van der Waals surface area contributed by atoms with E-state index in [1.165, 1.54) is 11.8 Å². The first-order chi connectivity index (χ1) is 12.6. The van der Waals surface area contributed by atoms with Gasteiger partial charge < -0.3 is 14.6 Å². The average Bonchev–Trinajstić information content (AvgIpc) is 3.05. The fourth-order valence-electron chi connectivity index (χ4n) is 2.50. The molecule has 0 bridgehead atoms. The topological polar surface area (TPSA) is 69.0 Å². The van der Waals surface area contributed by atoms with Crippen molar-refractivity contribution < 1.29 is 9.53 Å². The zero-order valence-corrected chi connectivity index (χ0v) is 15.7. The number of aromatic nitrogens is 3. The van der Waals surface area contributed by atoms with E-state index in [4.69, 9.17) is 4.74 Å². The zero-order valence-electron chi connectivity index (χ0n) is 14.8. The molecule has 134 valence electrons. The maximum absolute atomic E-state index is 13.1. The van der Waals surface area contributed by atoms with Crippen molar-refractivity contribution in [1.82, 2.24) is 14.8 Å². The number of thioether (sulfide) groups is 1. The predicted octanol–water partition coefficient (Wildman–Crippen LogP) is 3.60. The summed E-state index contributed by atoms with van der Waals surface area (Å²) in [5.41, 5.74) is 2.58. The molecule has 0 unspecified atom stereocenters. The van der Waals surface area contributed by atoms with Gasteiger partial charge in [0.2, 0.25) is 5.91 Å². The number of nitrogens with one attached hydrogen (secondary N) is 1. The third-order valence-corrected chi connectivity index (χ3v) is 5.15. The van der Waals surface area contributed by atoms with E-state index in [0.29, 0.717) is 16.6 Å². The van der Waals surface area contributed by atoms with Gasteiger partial charge >= 0.3 is 0 Å². The van der Waals surface area contributed by atoms with E-state index in [2.05, 4.69) is 15.5 Å². The Morgan fingerprint density at radius 1 is 1.23 bits per heavy atom. The zero-order chi connectivity index (χ0) is 18.5. The van der Waals surface area contributed by atoms with Gasteiger partial charge in [-0.3, -0.25) is 4.79 Å². The van der Waals surface area contributed by atoms with E-state index in [1.807, 2.05) is 62.5 Å². The molecule has 0 saturated carbocycles. The minimum Gasteiger partial charge on any atom is -0.495 e. The molecule has 1 aromatic heterocycles. The Hall–Kier alpha value is -2.80. The van der Waals surface area contributed by atoms with Crippen LogP contribution in [-0.2, 0) is 11.8 Å². The number of anilines is 1. The van der Waals surface area contributed by atoms with E-state index in [9.17, 15) is 4.79 Å². The van der Waals surface area contributed by atoms with Crippen LogP contribution in [0.1, 0.15) is 16.4 Å². The highest BCUT2D eigenvalue weighted by Gasteiger charge is 2.25. The monoisotopic (exact) mass is 368 g/mol. The van der Waals surface area contributed by atoms with Crippen molar-refractivity contribution in [3.05, 3.63) is 66.0 Å². The van der Waals surface area contributed by atoms with Gasteiger partial charge in [-0.2, -0.15) is 0 Å². The molecule has 3 rings (SSSR count). The molecule has 0 aliphatic rings. The lowest BCUT2D eigenvalue weighted by atomic mass is 10.1. The highest BCUT2D eigenvalue weighted by molar-refractivity contribution is 8.00. The minimum atomic E-state index is -0.468. The Kier molecular flexibility index (Phi) is 5.58. The molecule has 1 N–H and O–H groups in total. The van der Waals surface area contributed by atoms with Crippen LogP contribution >= 0.6 is 11.8 Å². The number of carbonyl (C=O) groups is 1. The minimum absolute atomic E-state index is 0.145. The molecule has 26 heavy (non-hydrogen) atoms. The molecule has 0 saturated heterocycles. The van der Waals surface area contributed by atoms with E-state index in [0.717, 1.165) is 11.1 Å². The van der Waals surface area contributed by atoms with Crippen LogP contribution < -0.4 is 10.1 Å². The first-order valence-corrected chi connectivity index (χ1v) is 8.97. The van der Waals surface area contributed by atoms with Gasteiger partial charge in [-0.05, 0) is 30.2 Å². The fourth-order valence-corrected chi connectivity index (χ4v) is 3.48. The summed E-state index contributed by atoms with van der Waals surface area (Å²) in [4.78, 5) is 13.1. The number of aryl methyl sites for hydroxylation is 2. The molecule has 6 nitrogen and oxygen atoms in total. The number of amides is 1. The maximum atomic E-state index is 13.1. The number of hydrogen-bond donors (Lipinski definition) is 1. The van der Waals surface area contributed by atoms with E-state index < -0.39 is 5.25 Å². The summed E-state index contributed by atoms with van der Waals surface area (Å²) >= 11 is 1.36. The van der Waals surface area contributed by atoms with Crippen molar-refractivity contribution in [2.24, 2.45) is 7.05 Å². The van der Waals surface area contributed by atoms with Gasteiger partial charge in [0, 0.05) is 7.05 Å². The Labute approximate surface area is 156 Å². The molecule has 0 radical (unpaired) electrons. The number of ether oxygens (including phenoxy) is 1. The lowest BCUT2D eigenvalue weighted by Crippen LogP contribution is -2.20. The summed E-state index contributed by atoms with van der Waals surface area (Å²) in [7, 11) is 3.44. The summed E-state index contributed by atoms with van der Waals surface area (Å²) in [6, 6.07) is 15.3. The highest BCUT2D eigenvalue weighted by atomic mass is 32.2. The van der Waals surface area contributed by atoms with Crippen molar-refractivity contribution in [1.29, 1.82) is 0 Å². The van der Waals surface area contributed by atoms with Crippen LogP contribution in [0.5, 0.6) is 5.75 Å². The van der Waals surface area contributed by atoms with Crippen LogP contribution in [-0.4, -0.2) is 27.8 Å². The fraction of sp³-hybridized carbons (Fsp3) is 0.211. The Bertz CT molecular complexity index is 896. The third-order valence-electron chi connectivity index (χ3n) is 3.85. The van der Waals surface area contributed by atoms with Gasteiger partial charge in [-0.15, -0.1) is 10.2 Å². The molecule has 0 aliphatic carbocycles. The molecule has 1 heterocycles. The van der Waals surface area contributed by atoms with Crippen molar-refractivity contribution in [2.75, 3.05) is 12.4 Å². The largest absolute Gasteiger partial charge is 0.495 e. The standard InChI is InChI=1S/C19H20N4O2S/c1-13-9-10-16(25-3)15(11-13)21-18(24)17(14-7-5-4-6-8-14)26-19-22-20-12-23(19)2/h4-12,17H,1-3H3,(H,21,24)/t17-/m0/s1. The van der Waals surface area contributed by atoms with Gasteiger partial charge in [0.05, 0.1) is 12.8 Å². The van der Waals surface area contributed by atoms with Crippen molar-refractivity contribution >= 4 is 23.4 Å². The Morgan fingerprint density at radius 2 is 2.00 bits per heavy atom. The molecule has 3 aromatic rings. The lowest BCUT2D eigenvalue weighted by molar-refractivity contribution is -0.115. The van der Waals surface area contributed by atoms with Crippen LogP contribution in [0.2, 0.25) is 0 Å². The summed E-state index contributed by atoms with van der Waals surface area (Å²) in [6.45, 7) is 1.97. The van der Waals surface area contributed by atoms with Crippen molar-refractivity contribution in [2.45, 2.75) is 17.3 Å². The summed E-state index contributed by atoms with van der Waals surface area (Å²) in [5, 5.41) is 11.2. The van der Waals surface area contributed by atoms with E-state index in [-0.39, 0.29) is 5.91 Å². The predicted molar refractivity (Wildman–Crippen MR) is 102 cm³/mol. The van der Waals surface area contributed by atoms with Crippen LogP contribution in [0.25, 0.3) is 0 Å². The second-order valence-electron chi connectivity index (χ2n) is 5.83. The first kappa shape index (κ1) is 18.0. The number of methoxy groups -OCH3 is 1. The van der Waals surface area contributed by atoms with Gasteiger partial charge in [0.15, 0.2) is 5.16 Å².